The Balaban J connectivity index is 2.23. The van der Waals surface area contributed by atoms with E-state index in [2.05, 4.69) is 26.1 Å². The van der Waals surface area contributed by atoms with Crippen LogP contribution in [0.15, 0.2) is 0 Å². The van der Waals surface area contributed by atoms with Crippen molar-refractivity contribution in [3.05, 3.63) is 0 Å². The lowest BCUT2D eigenvalue weighted by molar-refractivity contribution is 0.285. The van der Waals surface area contributed by atoms with E-state index < -0.39 is 0 Å². The summed E-state index contributed by atoms with van der Waals surface area (Å²) in [4.78, 5) is 0. The molecule has 0 bridgehead atoms. The second-order valence-electron chi connectivity index (χ2n) is 4.65. The monoisotopic (exact) mass is 183 g/mol. The molecule has 0 amide bonds. The molecule has 1 saturated carbocycles. The Morgan fingerprint density at radius 3 is 2.38 bits per heavy atom. The molecule has 2 atom stereocenters. The predicted molar refractivity (Wildman–Crippen MR) is 58.9 cm³/mol. The van der Waals surface area contributed by atoms with Crippen molar-refractivity contribution in [2.75, 3.05) is 6.54 Å². The van der Waals surface area contributed by atoms with Crippen molar-refractivity contribution in [3.63, 3.8) is 0 Å². The first kappa shape index (κ1) is 11.0. The van der Waals surface area contributed by atoms with Crippen LogP contribution in [0.25, 0.3) is 0 Å². The van der Waals surface area contributed by atoms with Crippen molar-refractivity contribution in [1.82, 2.24) is 5.32 Å². The number of nitrogens with one attached hydrogen (secondary N) is 1. The fraction of sp³-hybridized carbons (Fsp3) is 1.00. The molecule has 0 aromatic carbocycles. The average Bonchev–Trinajstić information content (AvgIpc) is 2.65. The third kappa shape index (κ3) is 3.30. The number of rotatable bonds is 5. The molecule has 0 aliphatic heterocycles. The molecule has 13 heavy (non-hydrogen) atoms. The Kier molecular flexibility index (Phi) is 4.79. The lowest BCUT2D eigenvalue weighted by atomic mass is 9.87. The van der Waals surface area contributed by atoms with E-state index in [1.807, 2.05) is 0 Å². The molecule has 2 unspecified atom stereocenters. The third-order valence-electron chi connectivity index (χ3n) is 3.65. The van der Waals surface area contributed by atoms with Gasteiger partial charge in [-0.2, -0.15) is 0 Å². The maximum Gasteiger partial charge on any atom is 0.00670 e. The van der Waals surface area contributed by atoms with Crippen LogP contribution in [-0.4, -0.2) is 12.6 Å². The SMILES string of the molecule is CCCNC(C)C(C)C1CCCC1. The molecule has 0 radical (unpaired) electrons. The molecule has 0 saturated heterocycles. The van der Waals surface area contributed by atoms with Crippen molar-refractivity contribution < 1.29 is 0 Å². The molecular formula is C12H25N. The first-order valence-electron chi connectivity index (χ1n) is 5.99. The summed E-state index contributed by atoms with van der Waals surface area (Å²) in [6.07, 6.45) is 7.13. The summed E-state index contributed by atoms with van der Waals surface area (Å²) in [5, 5.41) is 3.61. The second-order valence-corrected chi connectivity index (χ2v) is 4.65. The molecule has 1 fully saturated rings. The number of hydrogen-bond donors (Lipinski definition) is 1. The van der Waals surface area contributed by atoms with E-state index in [4.69, 9.17) is 0 Å². The van der Waals surface area contributed by atoms with Crippen LogP contribution in [-0.2, 0) is 0 Å². The predicted octanol–water partition coefficient (Wildman–Crippen LogP) is 3.20. The Labute approximate surface area is 83.3 Å². The van der Waals surface area contributed by atoms with Gasteiger partial charge in [0.1, 0.15) is 0 Å². The van der Waals surface area contributed by atoms with Crippen molar-refractivity contribution in [2.45, 2.75) is 58.9 Å². The highest BCUT2D eigenvalue weighted by Crippen LogP contribution is 2.32. The van der Waals surface area contributed by atoms with E-state index in [-0.39, 0.29) is 0 Å². The van der Waals surface area contributed by atoms with Crippen molar-refractivity contribution >= 4 is 0 Å². The Morgan fingerprint density at radius 1 is 1.23 bits per heavy atom. The average molecular weight is 183 g/mol. The summed E-state index contributed by atoms with van der Waals surface area (Å²) in [5.41, 5.74) is 0. The lowest BCUT2D eigenvalue weighted by Gasteiger charge is -2.26. The lowest BCUT2D eigenvalue weighted by Crippen LogP contribution is -2.35. The summed E-state index contributed by atoms with van der Waals surface area (Å²) in [6, 6.07) is 0.711. The van der Waals surface area contributed by atoms with Gasteiger partial charge < -0.3 is 5.32 Å². The molecule has 0 aromatic rings. The van der Waals surface area contributed by atoms with Crippen LogP contribution in [0.5, 0.6) is 0 Å². The van der Waals surface area contributed by atoms with Crippen molar-refractivity contribution in [3.8, 4) is 0 Å². The third-order valence-corrected chi connectivity index (χ3v) is 3.65. The molecule has 1 rings (SSSR count). The zero-order valence-corrected chi connectivity index (χ0v) is 9.47. The van der Waals surface area contributed by atoms with Gasteiger partial charge in [0.15, 0.2) is 0 Å². The molecule has 1 heteroatoms. The molecule has 0 aromatic heterocycles. The van der Waals surface area contributed by atoms with Gasteiger partial charge in [0, 0.05) is 6.04 Å². The number of hydrogen-bond acceptors (Lipinski definition) is 1. The maximum absolute atomic E-state index is 3.61. The maximum atomic E-state index is 3.61. The van der Waals surface area contributed by atoms with Crippen molar-refractivity contribution in [2.24, 2.45) is 11.8 Å². The zero-order valence-electron chi connectivity index (χ0n) is 9.47. The van der Waals surface area contributed by atoms with Crippen LogP contribution < -0.4 is 5.32 Å². The van der Waals surface area contributed by atoms with Crippen LogP contribution in [0.4, 0.5) is 0 Å². The Bertz CT molecular complexity index is 127. The van der Waals surface area contributed by atoms with E-state index in [0.29, 0.717) is 6.04 Å². The minimum Gasteiger partial charge on any atom is -0.314 e. The minimum absolute atomic E-state index is 0.711. The summed E-state index contributed by atoms with van der Waals surface area (Å²) in [5.74, 6) is 1.87. The van der Waals surface area contributed by atoms with Gasteiger partial charge in [0.25, 0.3) is 0 Å². The molecule has 1 nitrogen and oxygen atoms in total. The standard InChI is InChI=1S/C12H25N/c1-4-9-13-11(3)10(2)12-7-5-6-8-12/h10-13H,4-9H2,1-3H3. The highest BCUT2D eigenvalue weighted by atomic mass is 14.9. The molecular weight excluding hydrogens is 158 g/mol. The molecule has 1 aliphatic carbocycles. The van der Waals surface area contributed by atoms with Crippen LogP contribution in [0.1, 0.15) is 52.9 Å². The fourth-order valence-corrected chi connectivity index (χ4v) is 2.45. The molecule has 0 spiro atoms. The van der Waals surface area contributed by atoms with Gasteiger partial charge in [0.2, 0.25) is 0 Å². The van der Waals surface area contributed by atoms with E-state index in [0.717, 1.165) is 11.8 Å². The Hall–Kier alpha value is -0.0400. The van der Waals surface area contributed by atoms with E-state index in [1.54, 1.807) is 0 Å². The summed E-state index contributed by atoms with van der Waals surface area (Å²) in [7, 11) is 0. The fourth-order valence-electron chi connectivity index (χ4n) is 2.45. The first-order valence-corrected chi connectivity index (χ1v) is 5.99. The molecule has 1 N–H and O–H groups in total. The Morgan fingerprint density at radius 2 is 1.85 bits per heavy atom. The second kappa shape index (κ2) is 5.64. The molecule has 1 aliphatic rings. The smallest absolute Gasteiger partial charge is 0.00670 e. The van der Waals surface area contributed by atoms with E-state index in [9.17, 15) is 0 Å². The van der Waals surface area contributed by atoms with Gasteiger partial charge >= 0.3 is 0 Å². The summed E-state index contributed by atoms with van der Waals surface area (Å²) >= 11 is 0. The van der Waals surface area contributed by atoms with Crippen LogP contribution >= 0.6 is 0 Å². The van der Waals surface area contributed by atoms with E-state index in [1.165, 1.54) is 38.6 Å². The summed E-state index contributed by atoms with van der Waals surface area (Å²) < 4.78 is 0. The zero-order chi connectivity index (χ0) is 9.68. The van der Waals surface area contributed by atoms with Gasteiger partial charge in [-0.3, -0.25) is 0 Å². The first-order chi connectivity index (χ1) is 6.25. The van der Waals surface area contributed by atoms with Gasteiger partial charge in [-0.05, 0) is 31.7 Å². The van der Waals surface area contributed by atoms with Gasteiger partial charge in [-0.25, -0.2) is 0 Å². The topological polar surface area (TPSA) is 12.0 Å². The van der Waals surface area contributed by atoms with Crippen LogP contribution in [0.3, 0.4) is 0 Å². The highest BCUT2D eigenvalue weighted by Gasteiger charge is 2.24. The summed E-state index contributed by atoms with van der Waals surface area (Å²) in [6.45, 7) is 8.18. The van der Waals surface area contributed by atoms with Crippen LogP contribution in [0, 0.1) is 11.8 Å². The van der Waals surface area contributed by atoms with Crippen molar-refractivity contribution in [1.29, 1.82) is 0 Å². The molecule has 78 valence electrons. The van der Waals surface area contributed by atoms with Gasteiger partial charge in [0.05, 0.1) is 0 Å². The quantitative estimate of drug-likeness (QED) is 0.690. The largest absolute Gasteiger partial charge is 0.314 e. The van der Waals surface area contributed by atoms with Gasteiger partial charge in [-0.15, -0.1) is 0 Å². The highest BCUT2D eigenvalue weighted by molar-refractivity contribution is 4.79. The van der Waals surface area contributed by atoms with Gasteiger partial charge in [-0.1, -0.05) is 39.5 Å². The normalized spacial score (nSPS) is 23.3. The van der Waals surface area contributed by atoms with E-state index >= 15 is 0 Å². The molecule has 0 heterocycles. The minimum atomic E-state index is 0.711. The van der Waals surface area contributed by atoms with Crippen LogP contribution in [0.2, 0.25) is 0 Å².